The van der Waals surface area contributed by atoms with Crippen molar-refractivity contribution in [1.29, 1.82) is 0 Å². The third-order valence-corrected chi connectivity index (χ3v) is 5.10. The second-order valence-corrected chi connectivity index (χ2v) is 7.33. The molecule has 0 aromatic rings. The number of hydrogen-bond acceptors (Lipinski definition) is 1. The second-order valence-electron chi connectivity index (χ2n) is 6.48. The average Bonchev–Trinajstić information content (AvgIpc) is 2.77. The molecule has 0 radical (unpaired) electrons. The van der Waals surface area contributed by atoms with Crippen molar-refractivity contribution in [2.75, 3.05) is 6.26 Å². The van der Waals surface area contributed by atoms with Crippen LogP contribution in [0.2, 0.25) is 0 Å². The highest BCUT2D eigenvalue weighted by Crippen LogP contribution is 2.26. The first kappa shape index (κ1) is 20.0. The molecule has 126 valence electrons. The van der Waals surface area contributed by atoms with Crippen LogP contribution in [-0.4, -0.2) is 6.26 Å². The Labute approximate surface area is 147 Å². The molecule has 0 saturated heterocycles. The zero-order valence-electron chi connectivity index (χ0n) is 15.5. The lowest BCUT2D eigenvalue weighted by atomic mass is 9.90. The summed E-state index contributed by atoms with van der Waals surface area (Å²) in [7, 11) is 0. The van der Waals surface area contributed by atoms with Crippen molar-refractivity contribution >= 4 is 11.8 Å². The minimum absolute atomic E-state index is 0.513. The molecular formula is C22H32S. The van der Waals surface area contributed by atoms with Crippen LogP contribution in [0.25, 0.3) is 0 Å². The number of thioether (sulfide) groups is 1. The molecule has 2 unspecified atom stereocenters. The van der Waals surface area contributed by atoms with Crippen LogP contribution in [0.1, 0.15) is 66.2 Å². The molecule has 2 atom stereocenters. The van der Waals surface area contributed by atoms with Crippen LogP contribution in [0, 0.1) is 11.8 Å². The van der Waals surface area contributed by atoms with E-state index in [0.717, 1.165) is 17.2 Å². The van der Waals surface area contributed by atoms with Gasteiger partial charge in [0.2, 0.25) is 0 Å². The predicted octanol–water partition coefficient (Wildman–Crippen LogP) is 7.22. The van der Waals surface area contributed by atoms with Crippen molar-refractivity contribution in [2.45, 2.75) is 66.2 Å². The largest absolute Gasteiger partial charge is 0.120 e. The average molecular weight is 329 g/mol. The molecule has 0 aliphatic heterocycles. The van der Waals surface area contributed by atoms with Gasteiger partial charge in [-0.15, -0.1) is 17.5 Å². The molecule has 0 saturated carbocycles. The Hall–Kier alpha value is -1.09. The summed E-state index contributed by atoms with van der Waals surface area (Å²) in [6.45, 7) is 9.13. The molecule has 0 amide bonds. The fourth-order valence-electron chi connectivity index (χ4n) is 2.52. The Morgan fingerprint density at radius 1 is 1.17 bits per heavy atom. The maximum absolute atomic E-state index is 3.48. The van der Waals surface area contributed by atoms with Crippen LogP contribution in [0.4, 0.5) is 0 Å². The molecule has 1 rings (SSSR count). The van der Waals surface area contributed by atoms with Crippen molar-refractivity contribution in [1.82, 2.24) is 0 Å². The minimum Gasteiger partial charge on any atom is -0.120 e. The van der Waals surface area contributed by atoms with Gasteiger partial charge >= 0.3 is 0 Å². The predicted molar refractivity (Wildman–Crippen MR) is 106 cm³/mol. The molecule has 0 heterocycles. The Balaban J connectivity index is 2.97. The lowest BCUT2D eigenvalue weighted by Crippen LogP contribution is -2.00. The number of hydrogen-bond donors (Lipinski definition) is 0. The van der Waals surface area contributed by atoms with Gasteiger partial charge in [-0.3, -0.25) is 0 Å². The molecule has 1 heteroatoms. The smallest absolute Gasteiger partial charge is 0.0651 e. The van der Waals surface area contributed by atoms with Crippen molar-refractivity contribution in [2.24, 2.45) is 11.8 Å². The van der Waals surface area contributed by atoms with Gasteiger partial charge in [-0.2, -0.15) is 0 Å². The van der Waals surface area contributed by atoms with E-state index in [9.17, 15) is 0 Å². The molecule has 0 bridgehead atoms. The molecule has 1 aliphatic rings. The maximum atomic E-state index is 3.48. The summed E-state index contributed by atoms with van der Waals surface area (Å²) in [6.07, 6.45) is 16.1. The van der Waals surface area contributed by atoms with Crippen LogP contribution in [0.15, 0.2) is 51.5 Å². The summed E-state index contributed by atoms with van der Waals surface area (Å²) in [5, 5.41) is 0. The van der Waals surface area contributed by atoms with Crippen molar-refractivity contribution in [3.8, 4) is 0 Å². The van der Waals surface area contributed by atoms with Gasteiger partial charge in [-0.05, 0) is 30.9 Å². The highest BCUT2D eigenvalue weighted by Gasteiger charge is 2.12. The lowest BCUT2D eigenvalue weighted by Gasteiger charge is -2.13. The van der Waals surface area contributed by atoms with Gasteiger partial charge in [0.1, 0.15) is 0 Å². The Morgan fingerprint density at radius 3 is 2.61 bits per heavy atom. The van der Waals surface area contributed by atoms with Gasteiger partial charge in [0.15, 0.2) is 0 Å². The minimum atomic E-state index is 0.513. The second kappa shape index (κ2) is 11.4. The summed E-state index contributed by atoms with van der Waals surface area (Å²) >= 11 is 1.70. The van der Waals surface area contributed by atoms with E-state index in [2.05, 4.69) is 63.3 Å². The molecule has 0 N–H and O–H groups in total. The fraction of sp³-hybridized carbons (Fsp3) is 0.591. The summed E-state index contributed by atoms with van der Waals surface area (Å²) in [4.78, 5) is 1.11. The van der Waals surface area contributed by atoms with Crippen molar-refractivity contribution in [3.63, 3.8) is 0 Å². The molecule has 0 fully saturated rings. The highest BCUT2D eigenvalue weighted by molar-refractivity contribution is 8.02. The van der Waals surface area contributed by atoms with E-state index in [1.54, 1.807) is 11.8 Å². The van der Waals surface area contributed by atoms with E-state index in [-0.39, 0.29) is 0 Å². The van der Waals surface area contributed by atoms with Gasteiger partial charge < -0.3 is 0 Å². The third kappa shape index (κ3) is 7.34. The number of allylic oxidation sites excluding steroid dienone is 4. The first-order chi connectivity index (χ1) is 11.1. The molecule has 0 nitrogen and oxygen atoms in total. The van der Waals surface area contributed by atoms with Crippen LogP contribution in [-0.2, 0) is 0 Å². The van der Waals surface area contributed by atoms with Gasteiger partial charge in [0.05, 0.1) is 4.91 Å². The number of rotatable bonds is 10. The first-order valence-corrected chi connectivity index (χ1v) is 10.3. The molecule has 23 heavy (non-hydrogen) atoms. The normalized spacial score (nSPS) is 16.8. The Morgan fingerprint density at radius 2 is 1.96 bits per heavy atom. The topological polar surface area (TPSA) is 0 Å². The summed E-state index contributed by atoms with van der Waals surface area (Å²) < 4.78 is 0. The van der Waals surface area contributed by atoms with Gasteiger partial charge in [0, 0.05) is 17.2 Å². The summed E-state index contributed by atoms with van der Waals surface area (Å²) in [5.74, 6) is 1.26. The van der Waals surface area contributed by atoms with Gasteiger partial charge in [-0.25, -0.2) is 0 Å². The zero-order valence-corrected chi connectivity index (χ0v) is 16.4. The van der Waals surface area contributed by atoms with Crippen LogP contribution in [0.3, 0.4) is 0 Å². The molecular weight excluding hydrogens is 296 g/mol. The standard InChI is InChI=1S/C22H32S/c1-6-8-9-12-19(4)22-17-16-21(23-5)15-14-20(22)13-10-11-18(3)7-2/h10,13,15,18-19H,6-9,11-12H2,1-5H3. The quantitative estimate of drug-likeness (QED) is 0.301. The zero-order chi connectivity index (χ0) is 17.1. The van der Waals surface area contributed by atoms with E-state index in [1.807, 2.05) is 6.08 Å². The molecule has 0 spiro atoms. The molecule has 0 aromatic heterocycles. The van der Waals surface area contributed by atoms with E-state index in [4.69, 9.17) is 0 Å². The number of unbranched alkanes of at least 4 members (excludes halogenated alkanes) is 2. The Kier molecular flexibility index (Phi) is 9.93. The third-order valence-electron chi connectivity index (χ3n) is 4.44. The van der Waals surface area contributed by atoms with Crippen LogP contribution in [0.5, 0.6) is 0 Å². The van der Waals surface area contributed by atoms with Crippen LogP contribution >= 0.6 is 11.8 Å². The van der Waals surface area contributed by atoms with E-state index in [0.29, 0.717) is 5.92 Å². The Bertz CT molecular complexity index is 557. The molecule has 0 aromatic carbocycles. The highest BCUT2D eigenvalue weighted by atomic mass is 32.2. The fourth-order valence-corrected chi connectivity index (χ4v) is 2.85. The molecule has 1 aliphatic carbocycles. The van der Waals surface area contributed by atoms with Gasteiger partial charge in [0.25, 0.3) is 0 Å². The van der Waals surface area contributed by atoms with Gasteiger partial charge in [-0.1, -0.05) is 77.0 Å². The SMILES string of the molecule is CCCCCC(C)C1=C=C=C(SC)C=C=C1C=CCC(C)CC. The first-order valence-electron chi connectivity index (χ1n) is 9.05. The summed E-state index contributed by atoms with van der Waals surface area (Å²) in [5.41, 5.74) is 12.7. The van der Waals surface area contributed by atoms with E-state index in [1.165, 1.54) is 43.3 Å². The summed E-state index contributed by atoms with van der Waals surface area (Å²) in [6, 6.07) is 0. The maximum Gasteiger partial charge on any atom is 0.0651 e. The van der Waals surface area contributed by atoms with Crippen molar-refractivity contribution < 1.29 is 0 Å². The van der Waals surface area contributed by atoms with Crippen molar-refractivity contribution in [3.05, 3.63) is 51.5 Å². The lowest BCUT2D eigenvalue weighted by molar-refractivity contribution is 0.559. The van der Waals surface area contributed by atoms with E-state index < -0.39 is 0 Å². The monoisotopic (exact) mass is 328 g/mol. The van der Waals surface area contributed by atoms with E-state index >= 15 is 0 Å². The van der Waals surface area contributed by atoms with Crippen LogP contribution < -0.4 is 0 Å².